The molecule has 0 aromatic heterocycles. The quantitative estimate of drug-likeness (QED) is 0.554. The fourth-order valence-electron chi connectivity index (χ4n) is 4.16. The number of nitrogens with two attached hydrogens (primary N) is 1. The zero-order chi connectivity index (χ0) is 24.7. The van der Waals surface area contributed by atoms with Crippen molar-refractivity contribution in [1.29, 1.82) is 0 Å². The minimum atomic E-state index is -0.642. The fraction of sp³-hybridized carbons (Fsp3) is 0.400. The Hall–Kier alpha value is -2.55. The first-order valence-corrected chi connectivity index (χ1v) is 11.7. The highest BCUT2D eigenvalue weighted by Gasteiger charge is 2.30. The number of hydrogen-bond acceptors (Lipinski definition) is 4. The molecule has 9 heteroatoms. The van der Waals surface area contributed by atoms with Gasteiger partial charge in [-0.3, -0.25) is 19.4 Å². The molecule has 1 fully saturated rings. The topological polar surface area (TPSA) is 69.9 Å². The van der Waals surface area contributed by atoms with Gasteiger partial charge in [0.25, 0.3) is 0 Å². The van der Waals surface area contributed by atoms with Crippen LogP contribution in [0.5, 0.6) is 0 Å². The Bertz CT molecular complexity index is 981. The summed E-state index contributed by atoms with van der Waals surface area (Å²) in [5.41, 5.74) is 6.73. The molecule has 34 heavy (non-hydrogen) atoms. The number of primary amides is 1. The lowest BCUT2D eigenvalue weighted by atomic mass is 10.0. The number of hydrogen-bond donors (Lipinski definition) is 1. The summed E-state index contributed by atoms with van der Waals surface area (Å²) in [5.74, 6) is -1.79. The first-order chi connectivity index (χ1) is 16.3. The van der Waals surface area contributed by atoms with E-state index in [9.17, 15) is 18.4 Å². The largest absolute Gasteiger partial charge is 0.369 e. The summed E-state index contributed by atoms with van der Waals surface area (Å²) < 4.78 is 28.2. The maximum Gasteiger partial charge on any atom is 0.231 e. The highest BCUT2D eigenvalue weighted by atomic mass is 35.5. The third kappa shape index (κ3) is 7.22. The van der Waals surface area contributed by atoms with E-state index in [0.717, 1.165) is 11.6 Å². The van der Waals surface area contributed by atoms with Gasteiger partial charge in [-0.05, 0) is 36.7 Å². The highest BCUT2D eigenvalue weighted by molar-refractivity contribution is 6.30. The minimum Gasteiger partial charge on any atom is -0.369 e. The molecule has 1 aliphatic heterocycles. The van der Waals surface area contributed by atoms with Crippen LogP contribution >= 0.6 is 11.6 Å². The van der Waals surface area contributed by atoms with Gasteiger partial charge in [0, 0.05) is 49.4 Å². The highest BCUT2D eigenvalue weighted by Crippen LogP contribution is 2.27. The molecular formula is C25H30ClF2N4O2. The van der Waals surface area contributed by atoms with Crippen LogP contribution in [-0.2, 0) is 16.0 Å². The summed E-state index contributed by atoms with van der Waals surface area (Å²) in [4.78, 5) is 29.8. The van der Waals surface area contributed by atoms with E-state index in [0.29, 0.717) is 56.3 Å². The van der Waals surface area contributed by atoms with Gasteiger partial charge >= 0.3 is 0 Å². The molecular weight excluding hydrogens is 462 g/mol. The standard InChI is InChI=1S/C25H30ClF2N4O2/c1-2-30(17-24(29)33)16-23(21-9-8-20(27)15-22(21)28)31-11-13-32(14-12-31)25(34)10-5-18-3-6-19(26)7-4-18/h3-4,6-10,15,23H,2,5,11-14,16-17H2,1H3,(H2,29,33). The molecule has 1 atom stereocenters. The molecule has 0 spiro atoms. The van der Waals surface area contributed by atoms with Crippen LogP contribution in [0.25, 0.3) is 0 Å². The second-order valence-corrected chi connectivity index (χ2v) is 8.81. The smallest absolute Gasteiger partial charge is 0.231 e. The molecule has 1 heterocycles. The van der Waals surface area contributed by atoms with Crippen molar-refractivity contribution >= 4 is 23.4 Å². The van der Waals surface area contributed by atoms with Crippen LogP contribution in [-0.4, -0.2) is 72.3 Å². The molecule has 0 saturated carbocycles. The number of likely N-dealkylation sites (N-methyl/N-ethyl adjacent to an activating group) is 1. The second-order valence-electron chi connectivity index (χ2n) is 8.37. The van der Waals surface area contributed by atoms with Crippen LogP contribution in [0.4, 0.5) is 8.78 Å². The second kappa shape index (κ2) is 12.2. The molecule has 6 nitrogen and oxygen atoms in total. The number of benzene rings is 2. The Balaban J connectivity index is 1.65. The summed E-state index contributed by atoms with van der Waals surface area (Å²) in [6.07, 6.45) is 2.17. The molecule has 2 aromatic rings. The van der Waals surface area contributed by atoms with Gasteiger partial charge in [0.15, 0.2) is 0 Å². The van der Waals surface area contributed by atoms with Crippen molar-refractivity contribution in [2.45, 2.75) is 19.4 Å². The first kappa shape index (κ1) is 26.1. The zero-order valence-electron chi connectivity index (χ0n) is 19.2. The van der Waals surface area contributed by atoms with Gasteiger partial charge in [0.2, 0.25) is 11.8 Å². The Morgan fingerprint density at radius 3 is 2.38 bits per heavy atom. The molecule has 0 aliphatic carbocycles. The van der Waals surface area contributed by atoms with Crippen LogP contribution in [0, 0.1) is 18.1 Å². The lowest BCUT2D eigenvalue weighted by Gasteiger charge is -2.41. The van der Waals surface area contributed by atoms with Gasteiger partial charge in [0.05, 0.1) is 19.0 Å². The molecule has 1 saturated heterocycles. The molecule has 1 radical (unpaired) electrons. The van der Waals surface area contributed by atoms with Crippen molar-refractivity contribution < 1.29 is 18.4 Å². The van der Waals surface area contributed by atoms with E-state index in [1.54, 1.807) is 23.5 Å². The number of carbonyl (C=O) groups is 2. The predicted octanol–water partition coefficient (Wildman–Crippen LogP) is 3.06. The maximum atomic E-state index is 14.7. The molecule has 2 aromatic carbocycles. The monoisotopic (exact) mass is 491 g/mol. The number of piperazine rings is 1. The van der Waals surface area contributed by atoms with Gasteiger partial charge < -0.3 is 10.6 Å². The summed E-state index contributed by atoms with van der Waals surface area (Å²) in [6, 6.07) is 10.5. The summed E-state index contributed by atoms with van der Waals surface area (Å²) in [6.45, 7) is 4.88. The number of amides is 2. The van der Waals surface area contributed by atoms with Crippen LogP contribution in [0.3, 0.4) is 0 Å². The maximum absolute atomic E-state index is 14.7. The van der Waals surface area contributed by atoms with Crippen LogP contribution in [0.2, 0.25) is 5.02 Å². The average Bonchev–Trinajstić information content (AvgIpc) is 2.81. The van der Waals surface area contributed by atoms with E-state index < -0.39 is 23.6 Å². The number of rotatable bonds is 10. The average molecular weight is 492 g/mol. The van der Waals surface area contributed by atoms with Crippen molar-refractivity contribution in [3.63, 3.8) is 0 Å². The third-order valence-corrected chi connectivity index (χ3v) is 6.32. The molecule has 1 aliphatic rings. The van der Waals surface area contributed by atoms with Crippen LogP contribution in [0.15, 0.2) is 42.5 Å². The number of halogens is 3. The fourth-order valence-corrected chi connectivity index (χ4v) is 4.29. The van der Waals surface area contributed by atoms with Gasteiger partial charge in [0.1, 0.15) is 11.6 Å². The summed E-state index contributed by atoms with van der Waals surface area (Å²) in [5, 5.41) is 0.649. The van der Waals surface area contributed by atoms with E-state index >= 15 is 0 Å². The summed E-state index contributed by atoms with van der Waals surface area (Å²) >= 11 is 5.90. The lowest BCUT2D eigenvalue weighted by molar-refractivity contribution is -0.130. The van der Waals surface area contributed by atoms with Gasteiger partial charge in [-0.15, -0.1) is 0 Å². The minimum absolute atomic E-state index is 0.0495. The molecule has 1 unspecified atom stereocenters. The van der Waals surface area contributed by atoms with E-state index in [4.69, 9.17) is 17.3 Å². The Morgan fingerprint density at radius 2 is 1.79 bits per heavy atom. The summed E-state index contributed by atoms with van der Waals surface area (Å²) in [7, 11) is 0. The molecule has 2 N–H and O–H groups in total. The van der Waals surface area contributed by atoms with E-state index in [-0.39, 0.29) is 12.5 Å². The molecule has 0 bridgehead atoms. The van der Waals surface area contributed by atoms with Crippen molar-refractivity contribution in [1.82, 2.24) is 14.7 Å². The Kier molecular flexibility index (Phi) is 9.38. The molecule has 3 rings (SSSR count). The lowest BCUT2D eigenvalue weighted by Crippen LogP contribution is -2.52. The van der Waals surface area contributed by atoms with Crippen molar-refractivity contribution in [3.8, 4) is 0 Å². The van der Waals surface area contributed by atoms with Crippen molar-refractivity contribution in [3.05, 3.63) is 76.7 Å². The van der Waals surface area contributed by atoms with E-state index in [2.05, 4.69) is 4.90 Å². The normalized spacial score (nSPS) is 15.5. The zero-order valence-corrected chi connectivity index (χ0v) is 20.0. The van der Waals surface area contributed by atoms with Crippen molar-refractivity contribution in [2.75, 3.05) is 45.8 Å². The number of carbonyl (C=O) groups excluding carboxylic acids is 2. The Labute approximate surface area is 204 Å². The predicted molar refractivity (Wildman–Crippen MR) is 128 cm³/mol. The van der Waals surface area contributed by atoms with E-state index in [1.165, 1.54) is 12.1 Å². The van der Waals surface area contributed by atoms with Crippen LogP contribution < -0.4 is 5.73 Å². The molecule has 183 valence electrons. The van der Waals surface area contributed by atoms with Gasteiger partial charge in [-0.1, -0.05) is 36.7 Å². The SMILES string of the molecule is CCN(CC(N)=O)CC(c1ccc(F)cc1F)N1CCN(C(=O)[CH]Cc2ccc(Cl)cc2)CC1. The van der Waals surface area contributed by atoms with Crippen LogP contribution in [0.1, 0.15) is 24.1 Å². The van der Waals surface area contributed by atoms with Gasteiger partial charge in [-0.25, -0.2) is 8.78 Å². The third-order valence-electron chi connectivity index (χ3n) is 6.07. The first-order valence-electron chi connectivity index (χ1n) is 11.3. The number of nitrogens with zero attached hydrogens (tertiary/aromatic N) is 3. The Morgan fingerprint density at radius 1 is 1.12 bits per heavy atom. The van der Waals surface area contributed by atoms with E-state index in [1.807, 2.05) is 24.0 Å². The van der Waals surface area contributed by atoms with Gasteiger partial charge in [-0.2, -0.15) is 0 Å². The molecule has 2 amide bonds. The van der Waals surface area contributed by atoms with Crippen molar-refractivity contribution in [2.24, 2.45) is 5.73 Å².